The number of epoxide rings is 4. The average molecular weight is 943 g/mol. The summed E-state index contributed by atoms with van der Waals surface area (Å²) in [5, 5.41) is 0. The minimum absolute atomic E-state index is 0.118. The second-order valence-electron chi connectivity index (χ2n) is 26.9. The molecular weight excluding hydrogens is 841 g/mol. The zero-order valence-electron chi connectivity index (χ0n) is 45.4. The highest BCUT2D eigenvalue weighted by atomic mass is 16.6. The van der Waals surface area contributed by atoms with Crippen LogP contribution in [0.2, 0.25) is 0 Å². The first kappa shape index (κ1) is 58.1. The van der Waals surface area contributed by atoms with E-state index in [-0.39, 0.29) is 32.5 Å². The van der Waals surface area contributed by atoms with E-state index in [9.17, 15) is 0 Å². The number of ether oxygens (including phenoxy) is 12. The summed E-state index contributed by atoms with van der Waals surface area (Å²) in [6.45, 7) is 46.4. The van der Waals surface area contributed by atoms with Gasteiger partial charge in [-0.25, -0.2) is 0 Å². The molecule has 12 heteroatoms. The normalized spacial score (nSPS) is 22.7. The molecule has 390 valence electrons. The molecule has 4 atom stereocenters. The fourth-order valence-electron chi connectivity index (χ4n) is 8.49. The van der Waals surface area contributed by atoms with Crippen molar-refractivity contribution >= 4 is 0 Å². The molecule has 4 heterocycles. The van der Waals surface area contributed by atoms with E-state index in [1.807, 2.05) is 0 Å². The Hall–Kier alpha value is -0.480. The fourth-order valence-corrected chi connectivity index (χ4v) is 8.49. The summed E-state index contributed by atoms with van der Waals surface area (Å²) in [5.41, 5.74) is -1.41. The van der Waals surface area contributed by atoms with Gasteiger partial charge in [0.1, 0.15) is 0 Å². The Morgan fingerprint density at radius 3 is 0.970 bits per heavy atom. The molecule has 0 radical (unpaired) electrons. The van der Waals surface area contributed by atoms with Gasteiger partial charge < -0.3 is 56.8 Å². The van der Waals surface area contributed by atoms with Gasteiger partial charge in [0.2, 0.25) is 0 Å². The van der Waals surface area contributed by atoms with Gasteiger partial charge >= 0.3 is 0 Å². The molecular formula is C54H102O12. The van der Waals surface area contributed by atoms with Crippen molar-refractivity contribution in [3.8, 4) is 0 Å². The minimum atomic E-state index is -0.623. The Bertz CT molecular complexity index is 1320. The van der Waals surface area contributed by atoms with Gasteiger partial charge in [0, 0.05) is 37.3 Å². The Labute approximate surface area is 403 Å². The number of rotatable bonds is 41. The quantitative estimate of drug-likeness (QED) is 0.0428. The third-order valence-electron chi connectivity index (χ3n) is 13.6. The molecule has 0 aromatic rings. The Morgan fingerprint density at radius 2 is 0.636 bits per heavy atom. The van der Waals surface area contributed by atoms with Crippen LogP contribution in [0.4, 0.5) is 0 Å². The van der Waals surface area contributed by atoms with Crippen molar-refractivity contribution in [1.29, 1.82) is 0 Å². The molecule has 0 aliphatic carbocycles. The molecule has 0 saturated carbocycles. The van der Waals surface area contributed by atoms with Crippen molar-refractivity contribution in [2.45, 2.75) is 191 Å². The SMILES string of the molecule is CC(C)(COCCC(C)(C)CC1CO1)COCC(COCC(C)(C)COCCC(C)(C)C1CO1)(COCC(C)(C)OCCC(C)(C)CC1CO1)COCC(C)(C)OCCC(C)(C)CC1CO1. The Kier molecular flexibility index (Phi) is 21.8. The summed E-state index contributed by atoms with van der Waals surface area (Å²) in [6, 6.07) is 0. The van der Waals surface area contributed by atoms with Crippen LogP contribution in [0.25, 0.3) is 0 Å². The highest BCUT2D eigenvalue weighted by Gasteiger charge is 2.40. The summed E-state index contributed by atoms with van der Waals surface area (Å²) in [7, 11) is 0. The Balaban J connectivity index is 1.40. The maximum atomic E-state index is 6.73. The lowest BCUT2D eigenvalue weighted by atomic mass is 9.85. The van der Waals surface area contributed by atoms with Crippen LogP contribution in [-0.4, -0.2) is 155 Å². The molecule has 0 aromatic carbocycles. The van der Waals surface area contributed by atoms with Crippen LogP contribution in [0.1, 0.15) is 156 Å². The Morgan fingerprint density at radius 1 is 0.333 bits per heavy atom. The van der Waals surface area contributed by atoms with Crippen LogP contribution in [0.15, 0.2) is 0 Å². The summed E-state index contributed by atoms with van der Waals surface area (Å²) in [6.07, 6.45) is 8.60. The molecule has 0 spiro atoms. The largest absolute Gasteiger partial charge is 0.381 e. The molecule has 0 bridgehead atoms. The van der Waals surface area contributed by atoms with Crippen LogP contribution >= 0.6 is 0 Å². The van der Waals surface area contributed by atoms with Crippen LogP contribution in [0.3, 0.4) is 0 Å². The van der Waals surface area contributed by atoms with Crippen molar-refractivity contribution in [3.05, 3.63) is 0 Å². The second kappa shape index (κ2) is 24.8. The van der Waals surface area contributed by atoms with Crippen LogP contribution in [0.5, 0.6) is 0 Å². The fraction of sp³-hybridized carbons (Fsp3) is 1.00. The van der Waals surface area contributed by atoms with Crippen molar-refractivity contribution in [3.63, 3.8) is 0 Å². The van der Waals surface area contributed by atoms with Gasteiger partial charge in [-0.3, -0.25) is 0 Å². The number of hydrogen-bond donors (Lipinski definition) is 0. The van der Waals surface area contributed by atoms with Crippen molar-refractivity contribution in [1.82, 2.24) is 0 Å². The first-order valence-corrected chi connectivity index (χ1v) is 25.7. The third kappa shape index (κ3) is 25.6. The van der Waals surface area contributed by atoms with Gasteiger partial charge in [0.05, 0.1) is 134 Å². The van der Waals surface area contributed by atoms with Gasteiger partial charge in [-0.15, -0.1) is 0 Å². The van der Waals surface area contributed by atoms with Crippen molar-refractivity contribution in [2.24, 2.45) is 37.9 Å². The van der Waals surface area contributed by atoms with Gasteiger partial charge in [-0.1, -0.05) is 83.1 Å². The van der Waals surface area contributed by atoms with E-state index in [4.69, 9.17) is 56.8 Å². The van der Waals surface area contributed by atoms with Gasteiger partial charge in [-0.05, 0) is 94.3 Å². The zero-order chi connectivity index (χ0) is 49.0. The first-order chi connectivity index (χ1) is 30.5. The molecule has 4 fully saturated rings. The zero-order valence-corrected chi connectivity index (χ0v) is 45.4. The average Bonchev–Trinajstić information content (AvgIpc) is 3.93. The maximum absolute atomic E-state index is 6.73. The molecule has 0 aromatic heterocycles. The van der Waals surface area contributed by atoms with Gasteiger partial charge in [0.25, 0.3) is 0 Å². The van der Waals surface area contributed by atoms with E-state index < -0.39 is 16.6 Å². The van der Waals surface area contributed by atoms with Crippen LogP contribution in [-0.2, 0) is 56.8 Å². The van der Waals surface area contributed by atoms with Gasteiger partial charge in [-0.2, -0.15) is 0 Å². The van der Waals surface area contributed by atoms with E-state index >= 15 is 0 Å². The third-order valence-corrected chi connectivity index (χ3v) is 13.6. The molecule has 4 aliphatic rings. The number of hydrogen-bond acceptors (Lipinski definition) is 12. The molecule has 12 nitrogen and oxygen atoms in total. The highest BCUT2D eigenvalue weighted by molar-refractivity contribution is 4.88. The second-order valence-corrected chi connectivity index (χ2v) is 26.9. The summed E-state index contributed by atoms with van der Waals surface area (Å²) in [5.74, 6) is 0. The monoisotopic (exact) mass is 943 g/mol. The standard InChI is InChI=1S/C54H102O12/c1-46(2,25-42-28-61-42)17-21-55-32-49(7,8)34-57-38-54(39-58-35-50(9,10)33-56-22-20-51(11,12)45-31-64-45,40-59-36-52(13,14)65-23-18-47(3,4)26-43-29-62-43)41-60-37-53(15,16)66-24-19-48(5,6)27-44-30-63-44/h42-45H,17-41H2,1-16H3. The van der Waals surface area contributed by atoms with Crippen LogP contribution in [0, 0.1) is 37.9 Å². The van der Waals surface area contributed by atoms with E-state index in [1.165, 1.54) is 0 Å². The van der Waals surface area contributed by atoms with Crippen LogP contribution < -0.4 is 0 Å². The molecule has 4 rings (SSSR count). The topological polar surface area (TPSA) is 124 Å². The van der Waals surface area contributed by atoms with Crippen molar-refractivity contribution in [2.75, 3.05) is 119 Å². The predicted molar refractivity (Wildman–Crippen MR) is 261 cm³/mol. The van der Waals surface area contributed by atoms with E-state index in [2.05, 4.69) is 111 Å². The summed E-state index contributed by atoms with van der Waals surface area (Å²) in [4.78, 5) is 0. The molecule has 0 amide bonds. The summed E-state index contributed by atoms with van der Waals surface area (Å²) >= 11 is 0. The molecule has 0 N–H and O–H groups in total. The van der Waals surface area contributed by atoms with E-state index in [1.54, 1.807) is 0 Å². The highest BCUT2D eigenvalue weighted by Crippen LogP contribution is 2.37. The van der Waals surface area contributed by atoms with E-state index in [0.29, 0.717) is 117 Å². The summed E-state index contributed by atoms with van der Waals surface area (Å²) < 4.78 is 74.5. The maximum Gasteiger partial charge on any atom is 0.0861 e. The first-order valence-electron chi connectivity index (χ1n) is 25.7. The van der Waals surface area contributed by atoms with Gasteiger partial charge in [0.15, 0.2) is 0 Å². The smallest absolute Gasteiger partial charge is 0.0861 e. The molecule has 4 unspecified atom stereocenters. The van der Waals surface area contributed by atoms with Crippen molar-refractivity contribution < 1.29 is 56.8 Å². The minimum Gasteiger partial charge on any atom is -0.381 e. The van der Waals surface area contributed by atoms with E-state index in [0.717, 1.165) is 71.4 Å². The lowest BCUT2D eigenvalue weighted by Crippen LogP contribution is -2.46. The molecule has 66 heavy (non-hydrogen) atoms. The molecule has 4 aliphatic heterocycles. The lowest BCUT2D eigenvalue weighted by Gasteiger charge is -2.37. The predicted octanol–water partition coefficient (Wildman–Crippen LogP) is 10.1. The lowest BCUT2D eigenvalue weighted by molar-refractivity contribution is -0.157. The molecule has 4 saturated heterocycles.